The maximum atomic E-state index is 6.64. The van der Waals surface area contributed by atoms with Gasteiger partial charge in [-0.05, 0) is 83.9 Å². The number of benzene rings is 6. The van der Waals surface area contributed by atoms with E-state index < -0.39 is 0 Å². The molecular formula is C41H26N2O3. The number of rotatable bonds is 6. The summed E-state index contributed by atoms with van der Waals surface area (Å²) < 4.78 is 19.3. The van der Waals surface area contributed by atoms with Crippen LogP contribution in [0.2, 0.25) is 0 Å². The van der Waals surface area contributed by atoms with Gasteiger partial charge in [-0.2, -0.15) is 0 Å². The molecular weight excluding hydrogens is 568 g/mol. The number of nitrogens with zero attached hydrogens (tertiary/aromatic N) is 2. The first-order valence-corrected chi connectivity index (χ1v) is 15.2. The van der Waals surface area contributed by atoms with Crippen molar-refractivity contribution in [3.8, 4) is 22.6 Å². The standard InChI is InChI=1S/C41H26N2O3/c1-2-8-31(9-3-1)44-32-20-18-30(19-21-32)43(29-16-14-27(15-17-29)28-22-24-42-25-23-28)35-26-38-40(34-11-5-6-12-36(34)45-38)41-39(35)33-10-4-7-13-37(33)46-41/h1-26H. The SMILES string of the molecule is c1ccc(Oc2ccc(N(c3ccc(-c4ccncc4)cc3)c3cc4oc5ccccc5c4c4oc5ccccc5c34)cc2)cc1. The molecule has 5 nitrogen and oxygen atoms in total. The molecule has 218 valence electrons. The van der Waals surface area contributed by atoms with Gasteiger partial charge in [-0.3, -0.25) is 4.98 Å². The molecule has 0 aliphatic carbocycles. The number of hydrogen-bond acceptors (Lipinski definition) is 5. The molecule has 0 aliphatic rings. The van der Waals surface area contributed by atoms with Gasteiger partial charge in [-0.1, -0.05) is 66.7 Å². The third-order valence-electron chi connectivity index (χ3n) is 8.42. The van der Waals surface area contributed by atoms with Crippen molar-refractivity contribution in [3.63, 3.8) is 0 Å². The van der Waals surface area contributed by atoms with Crippen LogP contribution in [0.15, 0.2) is 167 Å². The molecule has 0 radical (unpaired) electrons. The van der Waals surface area contributed by atoms with Crippen molar-refractivity contribution in [2.24, 2.45) is 0 Å². The first-order chi connectivity index (χ1) is 22.8. The highest BCUT2D eigenvalue weighted by Crippen LogP contribution is 2.48. The Morgan fingerprint density at radius 1 is 0.478 bits per heavy atom. The molecule has 0 fully saturated rings. The van der Waals surface area contributed by atoms with Crippen LogP contribution in [-0.2, 0) is 0 Å². The lowest BCUT2D eigenvalue weighted by Crippen LogP contribution is -2.10. The summed E-state index contributed by atoms with van der Waals surface area (Å²) in [6, 6.07) is 49.1. The zero-order valence-corrected chi connectivity index (χ0v) is 24.6. The Morgan fingerprint density at radius 2 is 1.04 bits per heavy atom. The lowest BCUT2D eigenvalue weighted by molar-refractivity contribution is 0.483. The Kier molecular flexibility index (Phi) is 6.06. The number of pyridine rings is 1. The van der Waals surface area contributed by atoms with Gasteiger partial charge in [-0.25, -0.2) is 0 Å². The maximum absolute atomic E-state index is 6.64. The Morgan fingerprint density at radius 3 is 1.76 bits per heavy atom. The van der Waals surface area contributed by atoms with E-state index in [1.807, 2.05) is 97.3 Å². The molecule has 6 aromatic carbocycles. The minimum absolute atomic E-state index is 0.759. The Bertz CT molecular complexity index is 2480. The van der Waals surface area contributed by atoms with E-state index >= 15 is 0 Å². The fourth-order valence-corrected chi connectivity index (χ4v) is 6.31. The number of anilines is 3. The van der Waals surface area contributed by atoms with Crippen molar-refractivity contribution in [3.05, 3.63) is 158 Å². The second-order valence-corrected chi connectivity index (χ2v) is 11.2. The summed E-state index contributed by atoms with van der Waals surface area (Å²) in [6.07, 6.45) is 3.63. The normalized spacial score (nSPS) is 11.5. The minimum atomic E-state index is 0.759. The molecule has 3 heterocycles. The zero-order chi connectivity index (χ0) is 30.5. The summed E-state index contributed by atoms with van der Waals surface area (Å²) in [7, 11) is 0. The highest BCUT2D eigenvalue weighted by molar-refractivity contribution is 6.26. The summed E-state index contributed by atoms with van der Waals surface area (Å²) >= 11 is 0. The van der Waals surface area contributed by atoms with Gasteiger partial charge in [0.1, 0.15) is 33.8 Å². The molecule has 9 aromatic rings. The average molecular weight is 595 g/mol. The van der Waals surface area contributed by atoms with Crippen LogP contribution in [0.3, 0.4) is 0 Å². The van der Waals surface area contributed by atoms with E-state index in [0.717, 1.165) is 83.6 Å². The number of para-hydroxylation sites is 3. The predicted molar refractivity (Wildman–Crippen MR) is 185 cm³/mol. The van der Waals surface area contributed by atoms with E-state index in [2.05, 4.69) is 70.5 Å². The van der Waals surface area contributed by atoms with Gasteiger partial charge < -0.3 is 18.5 Å². The summed E-state index contributed by atoms with van der Waals surface area (Å²) in [5.74, 6) is 1.55. The number of hydrogen-bond donors (Lipinski definition) is 0. The van der Waals surface area contributed by atoms with Crippen LogP contribution in [0.25, 0.3) is 55.0 Å². The molecule has 0 bridgehead atoms. The minimum Gasteiger partial charge on any atom is -0.457 e. The third-order valence-corrected chi connectivity index (χ3v) is 8.42. The van der Waals surface area contributed by atoms with Gasteiger partial charge in [0.15, 0.2) is 0 Å². The second-order valence-electron chi connectivity index (χ2n) is 11.2. The topological polar surface area (TPSA) is 51.6 Å². The van der Waals surface area contributed by atoms with Crippen molar-refractivity contribution in [1.29, 1.82) is 0 Å². The largest absolute Gasteiger partial charge is 0.457 e. The molecule has 0 amide bonds. The molecule has 0 aliphatic heterocycles. The fourth-order valence-electron chi connectivity index (χ4n) is 6.31. The number of furan rings is 2. The van der Waals surface area contributed by atoms with Crippen LogP contribution in [0.1, 0.15) is 0 Å². The summed E-state index contributed by atoms with van der Waals surface area (Å²) in [5.41, 5.74) is 8.39. The lowest BCUT2D eigenvalue weighted by atomic mass is 10.0. The monoisotopic (exact) mass is 594 g/mol. The van der Waals surface area contributed by atoms with Crippen LogP contribution in [0, 0.1) is 0 Å². The van der Waals surface area contributed by atoms with Crippen LogP contribution in [-0.4, -0.2) is 4.98 Å². The Labute approximate surface area is 264 Å². The lowest BCUT2D eigenvalue weighted by Gasteiger charge is -2.26. The molecule has 0 N–H and O–H groups in total. The highest BCUT2D eigenvalue weighted by atomic mass is 16.5. The van der Waals surface area contributed by atoms with Crippen molar-refractivity contribution in [2.75, 3.05) is 4.90 Å². The van der Waals surface area contributed by atoms with Crippen LogP contribution in [0.5, 0.6) is 11.5 Å². The first kappa shape index (κ1) is 26.1. The van der Waals surface area contributed by atoms with E-state index in [9.17, 15) is 0 Å². The molecule has 5 heteroatoms. The number of aromatic nitrogens is 1. The van der Waals surface area contributed by atoms with Gasteiger partial charge in [0.2, 0.25) is 0 Å². The summed E-state index contributed by atoms with van der Waals surface area (Å²) in [5, 5.41) is 4.08. The molecule has 9 rings (SSSR count). The Balaban J connectivity index is 1.28. The maximum Gasteiger partial charge on any atom is 0.149 e. The van der Waals surface area contributed by atoms with Gasteiger partial charge in [0, 0.05) is 40.6 Å². The van der Waals surface area contributed by atoms with Crippen LogP contribution < -0.4 is 9.64 Å². The quantitative estimate of drug-likeness (QED) is 0.192. The van der Waals surface area contributed by atoms with Gasteiger partial charge in [0.05, 0.1) is 16.5 Å². The van der Waals surface area contributed by atoms with Gasteiger partial charge in [-0.15, -0.1) is 0 Å². The van der Waals surface area contributed by atoms with E-state index in [1.54, 1.807) is 0 Å². The van der Waals surface area contributed by atoms with Crippen molar-refractivity contribution in [1.82, 2.24) is 4.98 Å². The summed E-state index contributed by atoms with van der Waals surface area (Å²) in [4.78, 5) is 6.45. The van der Waals surface area contributed by atoms with Gasteiger partial charge >= 0.3 is 0 Å². The van der Waals surface area contributed by atoms with E-state index in [4.69, 9.17) is 13.6 Å². The number of fused-ring (bicyclic) bond motifs is 7. The van der Waals surface area contributed by atoms with Crippen molar-refractivity contribution >= 4 is 60.9 Å². The molecule has 3 aromatic heterocycles. The van der Waals surface area contributed by atoms with Crippen molar-refractivity contribution in [2.45, 2.75) is 0 Å². The zero-order valence-electron chi connectivity index (χ0n) is 24.6. The van der Waals surface area contributed by atoms with E-state index in [1.165, 1.54) is 0 Å². The highest BCUT2D eigenvalue weighted by Gasteiger charge is 2.24. The smallest absolute Gasteiger partial charge is 0.149 e. The molecule has 0 unspecified atom stereocenters. The Hall–Kier alpha value is -6.33. The average Bonchev–Trinajstić information content (AvgIpc) is 3.69. The van der Waals surface area contributed by atoms with Crippen molar-refractivity contribution < 1.29 is 13.6 Å². The molecule has 0 atom stereocenters. The van der Waals surface area contributed by atoms with Crippen LogP contribution >= 0.6 is 0 Å². The molecule has 0 saturated heterocycles. The molecule has 0 spiro atoms. The number of ether oxygens (including phenoxy) is 1. The first-order valence-electron chi connectivity index (χ1n) is 15.2. The molecule has 0 saturated carbocycles. The van der Waals surface area contributed by atoms with Crippen LogP contribution in [0.4, 0.5) is 17.1 Å². The fraction of sp³-hybridized carbons (Fsp3) is 0. The van der Waals surface area contributed by atoms with Gasteiger partial charge in [0.25, 0.3) is 0 Å². The second kappa shape index (κ2) is 10.7. The summed E-state index contributed by atoms with van der Waals surface area (Å²) in [6.45, 7) is 0. The predicted octanol–water partition coefficient (Wildman–Crippen LogP) is 11.8. The van der Waals surface area contributed by atoms with E-state index in [-0.39, 0.29) is 0 Å². The van der Waals surface area contributed by atoms with E-state index in [0.29, 0.717) is 0 Å². The third kappa shape index (κ3) is 4.37. The molecule has 46 heavy (non-hydrogen) atoms.